The Bertz CT molecular complexity index is 520. The molecule has 0 atom stereocenters. The molecule has 0 saturated carbocycles. The molecule has 0 saturated heterocycles. The van der Waals surface area contributed by atoms with Crippen LogP contribution in [-0.4, -0.2) is 0 Å². The minimum Gasteiger partial charge on any atom is -0.453 e. The standard InChI is InChI=1S/C13H11NO.C2H6/c1-9-6-7-13-11(8-9)14-10-4-2-3-5-12(10)15-13;1-2/h2-8,14H,1H3;1-2H3. The van der Waals surface area contributed by atoms with Gasteiger partial charge >= 0.3 is 0 Å². The summed E-state index contributed by atoms with van der Waals surface area (Å²) in [7, 11) is 0. The molecule has 1 aliphatic rings. The van der Waals surface area contributed by atoms with Crippen LogP contribution in [-0.2, 0) is 0 Å². The van der Waals surface area contributed by atoms with Crippen LogP contribution in [0.4, 0.5) is 11.4 Å². The van der Waals surface area contributed by atoms with Gasteiger partial charge in [0.15, 0.2) is 11.5 Å². The lowest BCUT2D eigenvalue weighted by Gasteiger charge is -2.21. The zero-order chi connectivity index (χ0) is 12.3. The van der Waals surface area contributed by atoms with E-state index in [0.717, 1.165) is 22.9 Å². The van der Waals surface area contributed by atoms with Crippen LogP contribution in [0.2, 0.25) is 0 Å². The van der Waals surface area contributed by atoms with Gasteiger partial charge in [0.2, 0.25) is 0 Å². The number of rotatable bonds is 0. The number of hydrogen-bond donors (Lipinski definition) is 1. The summed E-state index contributed by atoms with van der Waals surface area (Å²) in [6, 6.07) is 14.1. The molecular weight excluding hydrogens is 210 g/mol. The van der Waals surface area contributed by atoms with Gasteiger partial charge in [-0.05, 0) is 36.8 Å². The van der Waals surface area contributed by atoms with Gasteiger partial charge in [0.25, 0.3) is 0 Å². The van der Waals surface area contributed by atoms with E-state index in [-0.39, 0.29) is 0 Å². The van der Waals surface area contributed by atoms with Gasteiger partial charge in [0.05, 0.1) is 11.4 Å². The fourth-order valence-corrected chi connectivity index (χ4v) is 1.75. The summed E-state index contributed by atoms with van der Waals surface area (Å²) in [5.41, 5.74) is 3.29. The first-order valence-corrected chi connectivity index (χ1v) is 5.97. The maximum absolute atomic E-state index is 5.77. The van der Waals surface area contributed by atoms with E-state index < -0.39 is 0 Å². The summed E-state index contributed by atoms with van der Waals surface area (Å²) in [5.74, 6) is 1.77. The quantitative estimate of drug-likeness (QED) is 0.591. The van der Waals surface area contributed by atoms with Gasteiger partial charge in [-0.1, -0.05) is 32.0 Å². The maximum Gasteiger partial charge on any atom is 0.150 e. The van der Waals surface area contributed by atoms with E-state index in [2.05, 4.69) is 24.4 Å². The fraction of sp³-hybridized carbons (Fsp3) is 0.200. The minimum absolute atomic E-state index is 0.883. The molecule has 17 heavy (non-hydrogen) atoms. The minimum atomic E-state index is 0.883. The highest BCUT2D eigenvalue weighted by Crippen LogP contribution is 2.41. The highest BCUT2D eigenvalue weighted by molar-refractivity contribution is 5.75. The van der Waals surface area contributed by atoms with Crippen LogP contribution in [0.25, 0.3) is 0 Å². The number of benzene rings is 2. The Balaban J connectivity index is 0.000000514. The SMILES string of the molecule is CC.Cc1ccc2c(c1)Nc1ccccc1O2. The van der Waals surface area contributed by atoms with Crippen LogP contribution in [0, 0.1) is 6.92 Å². The smallest absolute Gasteiger partial charge is 0.150 e. The van der Waals surface area contributed by atoms with E-state index in [4.69, 9.17) is 4.74 Å². The van der Waals surface area contributed by atoms with Crippen LogP contribution in [0.15, 0.2) is 42.5 Å². The van der Waals surface area contributed by atoms with Crippen LogP contribution < -0.4 is 10.1 Å². The topological polar surface area (TPSA) is 21.3 Å². The third-order valence-corrected chi connectivity index (χ3v) is 2.51. The van der Waals surface area contributed by atoms with E-state index in [9.17, 15) is 0 Å². The number of anilines is 2. The molecule has 0 spiro atoms. The van der Waals surface area contributed by atoms with Crippen molar-refractivity contribution in [2.75, 3.05) is 5.32 Å². The third-order valence-electron chi connectivity index (χ3n) is 2.51. The van der Waals surface area contributed by atoms with Gasteiger partial charge in [-0.15, -0.1) is 0 Å². The van der Waals surface area contributed by atoms with Gasteiger partial charge in [-0.3, -0.25) is 0 Å². The molecular formula is C15H17NO. The predicted octanol–water partition coefficient (Wildman–Crippen LogP) is 4.87. The maximum atomic E-state index is 5.77. The van der Waals surface area contributed by atoms with E-state index in [1.165, 1.54) is 5.56 Å². The van der Waals surface area contributed by atoms with Crippen molar-refractivity contribution >= 4 is 11.4 Å². The van der Waals surface area contributed by atoms with Crippen LogP contribution in [0.5, 0.6) is 11.5 Å². The Hall–Kier alpha value is -1.96. The first-order chi connectivity index (χ1) is 8.33. The molecule has 2 aromatic rings. The Kier molecular flexibility index (Phi) is 3.33. The summed E-state index contributed by atoms with van der Waals surface area (Å²) in [6.07, 6.45) is 0. The van der Waals surface area contributed by atoms with Crippen molar-refractivity contribution in [2.45, 2.75) is 20.8 Å². The lowest BCUT2D eigenvalue weighted by atomic mass is 10.1. The highest BCUT2D eigenvalue weighted by atomic mass is 16.5. The van der Waals surface area contributed by atoms with E-state index >= 15 is 0 Å². The molecule has 2 heteroatoms. The van der Waals surface area contributed by atoms with Crippen molar-refractivity contribution in [2.24, 2.45) is 0 Å². The van der Waals surface area contributed by atoms with Crippen LogP contribution in [0.3, 0.4) is 0 Å². The lowest BCUT2D eigenvalue weighted by Crippen LogP contribution is -2.02. The number of hydrogen-bond acceptors (Lipinski definition) is 2. The van der Waals surface area contributed by atoms with Crippen molar-refractivity contribution in [3.8, 4) is 11.5 Å². The molecule has 0 amide bonds. The highest BCUT2D eigenvalue weighted by Gasteiger charge is 2.14. The molecule has 1 aliphatic heterocycles. The van der Waals surface area contributed by atoms with Gasteiger partial charge in [0.1, 0.15) is 0 Å². The molecule has 0 aromatic heterocycles. The number of para-hydroxylation sites is 2. The normalized spacial score (nSPS) is 11.0. The van der Waals surface area contributed by atoms with Crippen molar-refractivity contribution in [1.29, 1.82) is 0 Å². The second-order valence-corrected chi connectivity index (χ2v) is 3.72. The zero-order valence-corrected chi connectivity index (χ0v) is 10.4. The lowest BCUT2D eigenvalue weighted by molar-refractivity contribution is 0.481. The molecule has 0 fully saturated rings. The fourth-order valence-electron chi connectivity index (χ4n) is 1.75. The Morgan fingerprint density at radius 1 is 0.882 bits per heavy atom. The monoisotopic (exact) mass is 227 g/mol. The van der Waals surface area contributed by atoms with E-state index in [0.29, 0.717) is 0 Å². The van der Waals surface area contributed by atoms with Gasteiger partial charge < -0.3 is 10.1 Å². The molecule has 2 aromatic carbocycles. The molecule has 1 heterocycles. The predicted molar refractivity (Wildman–Crippen MR) is 72.3 cm³/mol. The Morgan fingerprint density at radius 2 is 1.59 bits per heavy atom. The molecule has 0 bridgehead atoms. The number of ether oxygens (including phenoxy) is 1. The summed E-state index contributed by atoms with van der Waals surface area (Å²) in [4.78, 5) is 0. The van der Waals surface area contributed by atoms with Gasteiger partial charge in [0, 0.05) is 0 Å². The first kappa shape index (κ1) is 11.5. The second kappa shape index (κ2) is 4.91. The first-order valence-electron chi connectivity index (χ1n) is 5.97. The number of fused-ring (bicyclic) bond motifs is 2. The molecule has 2 nitrogen and oxygen atoms in total. The van der Waals surface area contributed by atoms with Gasteiger partial charge in [-0.2, -0.15) is 0 Å². The van der Waals surface area contributed by atoms with E-state index in [1.54, 1.807) is 0 Å². The van der Waals surface area contributed by atoms with Crippen molar-refractivity contribution in [3.63, 3.8) is 0 Å². The second-order valence-electron chi connectivity index (χ2n) is 3.72. The molecule has 3 rings (SSSR count). The molecule has 0 radical (unpaired) electrons. The van der Waals surface area contributed by atoms with E-state index in [1.807, 2.05) is 44.2 Å². The summed E-state index contributed by atoms with van der Waals surface area (Å²) >= 11 is 0. The van der Waals surface area contributed by atoms with Crippen molar-refractivity contribution < 1.29 is 4.74 Å². The largest absolute Gasteiger partial charge is 0.453 e. The zero-order valence-electron chi connectivity index (χ0n) is 10.4. The summed E-state index contributed by atoms with van der Waals surface area (Å²) in [5, 5.41) is 3.36. The summed E-state index contributed by atoms with van der Waals surface area (Å²) in [6.45, 7) is 6.07. The number of aryl methyl sites for hydroxylation is 1. The van der Waals surface area contributed by atoms with Crippen molar-refractivity contribution in [1.82, 2.24) is 0 Å². The molecule has 88 valence electrons. The average Bonchev–Trinajstić information content (AvgIpc) is 2.38. The third kappa shape index (κ3) is 2.26. The van der Waals surface area contributed by atoms with Crippen LogP contribution in [0.1, 0.15) is 19.4 Å². The summed E-state index contributed by atoms with van der Waals surface area (Å²) < 4.78 is 5.77. The Labute approximate surface area is 102 Å². The van der Waals surface area contributed by atoms with Crippen LogP contribution >= 0.6 is 0 Å². The van der Waals surface area contributed by atoms with Gasteiger partial charge in [-0.25, -0.2) is 0 Å². The average molecular weight is 227 g/mol. The van der Waals surface area contributed by atoms with Crippen molar-refractivity contribution in [3.05, 3.63) is 48.0 Å². The molecule has 0 unspecified atom stereocenters. The molecule has 0 aliphatic carbocycles. The molecule has 1 N–H and O–H groups in total. The number of nitrogens with one attached hydrogen (secondary N) is 1. The Morgan fingerprint density at radius 3 is 2.41 bits per heavy atom.